The van der Waals surface area contributed by atoms with E-state index in [1.54, 1.807) is 50.4 Å². The van der Waals surface area contributed by atoms with E-state index in [0.29, 0.717) is 28.1 Å². The lowest BCUT2D eigenvalue weighted by atomic mass is 10.2. The monoisotopic (exact) mass is 379 g/mol. The van der Waals surface area contributed by atoms with Crippen molar-refractivity contribution in [2.75, 3.05) is 21.3 Å². The summed E-state index contributed by atoms with van der Waals surface area (Å²) in [5.41, 5.74) is 1.75. The minimum atomic E-state index is -0.124. The lowest BCUT2D eigenvalue weighted by molar-refractivity contribution is -0.125. The van der Waals surface area contributed by atoms with E-state index in [1.165, 1.54) is 6.08 Å². The first kappa shape index (κ1) is 19.2. The van der Waals surface area contributed by atoms with Crippen LogP contribution >= 0.6 is 23.2 Å². The van der Waals surface area contributed by atoms with E-state index in [1.807, 2.05) is 18.2 Å². The minimum Gasteiger partial charge on any atom is -0.493 e. The number of carbonyl (C=O) groups is 1. The van der Waals surface area contributed by atoms with Gasteiger partial charge in [-0.25, -0.2) is 0 Å². The molecule has 1 amide bonds. The van der Waals surface area contributed by atoms with Crippen molar-refractivity contribution < 1.29 is 14.3 Å². The molecule has 0 aromatic heterocycles. The highest BCUT2D eigenvalue weighted by molar-refractivity contribution is 6.42. The van der Waals surface area contributed by atoms with Gasteiger partial charge in [0.25, 0.3) is 0 Å². The molecule has 0 heterocycles. The number of benzene rings is 2. The van der Waals surface area contributed by atoms with Crippen LogP contribution in [-0.2, 0) is 11.3 Å². The van der Waals surface area contributed by atoms with Crippen LogP contribution in [0.5, 0.6) is 11.5 Å². The summed E-state index contributed by atoms with van der Waals surface area (Å²) < 4.78 is 10.5. The fourth-order valence-electron chi connectivity index (χ4n) is 2.24. The fourth-order valence-corrected chi connectivity index (χ4v) is 2.55. The molecular formula is C19H19Cl2NO3. The van der Waals surface area contributed by atoms with Crippen molar-refractivity contribution in [3.05, 3.63) is 63.6 Å². The van der Waals surface area contributed by atoms with E-state index in [0.717, 1.165) is 11.1 Å². The van der Waals surface area contributed by atoms with Gasteiger partial charge in [-0.3, -0.25) is 4.79 Å². The molecule has 0 aliphatic carbocycles. The molecule has 0 aliphatic heterocycles. The molecule has 0 unspecified atom stereocenters. The van der Waals surface area contributed by atoms with Crippen molar-refractivity contribution in [2.24, 2.45) is 0 Å². The SMILES string of the molecule is COc1ccc(CN(C)C(=O)C=Cc2ccc(Cl)c(Cl)c2)cc1OC. The first-order valence-electron chi connectivity index (χ1n) is 7.53. The third-order valence-corrected chi connectivity index (χ3v) is 4.34. The lowest BCUT2D eigenvalue weighted by Crippen LogP contribution is -2.24. The Morgan fingerprint density at radius 1 is 1.04 bits per heavy atom. The number of amides is 1. The van der Waals surface area contributed by atoms with Gasteiger partial charge in [0, 0.05) is 19.7 Å². The zero-order valence-electron chi connectivity index (χ0n) is 14.3. The van der Waals surface area contributed by atoms with Crippen molar-refractivity contribution in [1.29, 1.82) is 0 Å². The Labute approximate surface area is 157 Å². The molecule has 2 aromatic rings. The smallest absolute Gasteiger partial charge is 0.246 e. The quantitative estimate of drug-likeness (QED) is 0.683. The Balaban J connectivity index is 2.04. The highest BCUT2D eigenvalue weighted by atomic mass is 35.5. The number of hydrogen-bond acceptors (Lipinski definition) is 3. The maximum absolute atomic E-state index is 12.3. The van der Waals surface area contributed by atoms with Crippen molar-refractivity contribution in [3.63, 3.8) is 0 Å². The Morgan fingerprint density at radius 3 is 2.40 bits per heavy atom. The van der Waals surface area contributed by atoms with E-state index in [9.17, 15) is 4.79 Å². The van der Waals surface area contributed by atoms with E-state index < -0.39 is 0 Å². The Bertz CT molecular complexity index is 790. The highest BCUT2D eigenvalue weighted by Gasteiger charge is 2.09. The van der Waals surface area contributed by atoms with Crippen LogP contribution in [0.25, 0.3) is 6.08 Å². The van der Waals surface area contributed by atoms with Gasteiger partial charge in [0.2, 0.25) is 5.91 Å². The molecule has 0 bridgehead atoms. The number of carbonyl (C=O) groups excluding carboxylic acids is 1. The minimum absolute atomic E-state index is 0.124. The molecule has 4 nitrogen and oxygen atoms in total. The Hall–Kier alpha value is -2.17. The van der Waals surface area contributed by atoms with Gasteiger partial charge in [-0.05, 0) is 41.5 Å². The van der Waals surface area contributed by atoms with Gasteiger partial charge in [0.15, 0.2) is 11.5 Å². The van der Waals surface area contributed by atoms with Crippen molar-refractivity contribution in [2.45, 2.75) is 6.54 Å². The molecule has 0 aliphatic rings. The molecular weight excluding hydrogens is 361 g/mol. The van der Waals surface area contributed by atoms with Gasteiger partial charge in [0.05, 0.1) is 24.3 Å². The van der Waals surface area contributed by atoms with Crippen molar-refractivity contribution in [3.8, 4) is 11.5 Å². The van der Waals surface area contributed by atoms with Crippen LogP contribution in [0.3, 0.4) is 0 Å². The number of halogens is 2. The van der Waals surface area contributed by atoms with Gasteiger partial charge in [0.1, 0.15) is 0 Å². The van der Waals surface area contributed by atoms with Crippen molar-refractivity contribution >= 4 is 35.2 Å². The number of hydrogen-bond donors (Lipinski definition) is 0. The normalized spacial score (nSPS) is 10.8. The van der Waals surface area contributed by atoms with E-state index in [4.69, 9.17) is 32.7 Å². The number of likely N-dealkylation sites (N-methyl/N-ethyl adjacent to an activating group) is 1. The molecule has 0 fully saturated rings. The van der Waals surface area contributed by atoms with Gasteiger partial charge in [-0.2, -0.15) is 0 Å². The topological polar surface area (TPSA) is 38.8 Å². The van der Waals surface area contributed by atoms with Crippen LogP contribution in [0.4, 0.5) is 0 Å². The Kier molecular flexibility index (Phi) is 6.73. The van der Waals surface area contributed by atoms with Gasteiger partial charge in [-0.15, -0.1) is 0 Å². The predicted molar refractivity (Wildman–Crippen MR) is 102 cm³/mol. The second kappa shape index (κ2) is 8.79. The summed E-state index contributed by atoms with van der Waals surface area (Å²) in [5.74, 6) is 1.16. The first-order chi connectivity index (χ1) is 11.9. The number of rotatable bonds is 6. The zero-order valence-corrected chi connectivity index (χ0v) is 15.8. The van der Waals surface area contributed by atoms with Crippen LogP contribution < -0.4 is 9.47 Å². The third-order valence-electron chi connectivity index (χ3n) is 3.61. The van der Waals surface area contributed by atoms with Crippen LogP contribution in [0, 0.1) is 0 Å². The number of ether oxygens (including phenoxy) is 2. The second-order valence-corrected chi connectivity index (χ2v) is 6.20. The second-order valence-electron chi connectivity index (χ2n) is 5.39. The maximum Gasteiger partial charge on any atom is 0.246 e. The summed E-state index contributed by atoms with van der Waals surface area (Å²) in [4.78, 5) is 13.9. The first-order valence-corrected chi connectivity index (χ1v) is 8.29. The molecule has 25 heavy (non-hydrogen) atoms. The van der Waals surface area contributed by atoms with Crippen LogP contribution in [0.2, 0.25) is 10.0 Å². The molecule has 0 atom stereocenters. The standard InChI is InChI=1S/C19H19Cl2NO3/c1-22(12-14-5-8-17(24-2)18(11-14)25-3)19(23)9-6-13-4-7-15(20)16(21)10-13/h4-11H,12H2,1-3H3. The average molecular weight is 380 g/mol. The zero-order chi connectivity index (χ0) is 18.4. The summed E-state index contributed by atoms with van der Waals surface area (Å²) in [6.45, 7) is 0.449. The molecule has 132 valence electrons. The van der Waals surface area contributed by atoms with Crippen LogP contribution in [0.15, 0.2) is 42.5 Å². The number of methoxy groups -OCH3 is 2. The summed E-state index contributed by atoms with van der Waals surface area (Å²) in [6, 6.07) is 10.8. The molecule has 0 radical (unpaired) electrons. The fraction of sp³-hybridized carbons (Fsp3) is 0.211. The van der Waals surface area contributed by atoms with Crippen molar-refractivity contribution in [1.82, 2.24) is 4.90 Å². The summed E-state index contributed by atoms with van der Waals surface area (Å²) >= 11 is 11.8. The van der Waals surface area contributed by atoms with Gasteiger partial charge < -0.3 is 14.4 Å². The third kappa shape index (κ3) is 5.15. The number of nitrogens with zero attached hydrogens (tertiary/aromatic N) is 1. The molecule has 0 saturated heterocycles. The molecule has 6 heteroatoms. The largest absolute Gasteiger partial charge is 0.493 e. The summed E-state index contributed by atoms with van der Waals surface area (Å²) in [6.07, 6.45) is 3.20. The van der Waals surface area contributed by atoms with Gasteiger partial charge in [-0.1, -0.05) is 35.3 Å². The van der Waals surface area contributed by atoms with Crippen LogP contribution in [0.1, 0.15) is 11.1 Å². The molecule has 0 N–H and O–H groups in total. The summed E-state index contributed by atoms with van der Waals surface area (Å²) in [7, 11) is 4.90. The Morgan fingerprint density at radius 2 is 1.76 bits per heavy atom. The van der Waals surface area contributed by atoms with E-state index in [-0.39, 0.29) is 5.91 Å². The maximum atomic E-state index is 12.3. The molecule has 2 rings (SSSR count). The molecule has 0 spiro atoms. The predicted octanol–water partition coefficient (Wildman–Crippen LogP) is 4.68. The molecule has 2 aromatic carbocycles. The lowest BCUT2D eigenvalue weighted by Gasteiger charge is -2.16. The average Bonchev–Trinajstić information content (AvgIpc) is 2.62. The summed E-state index contributed by atoms with van der Waals surface area (Å²) in [5, 5.41) is 0.936. The van der Waals surface area contributed by atoms with Gasteiger partial charge >= 0.3 is 0 Å². The highest BCUT2D eigenvalue weighted by Crippen LogP contribution is 2.28. The van der Waals surface area contributed by atoms with E-state index in [2.05, 4.69) is 0 Å². The van der Waals surface area contributed by atoms with Crippen LogP contribution in [-0.4, -0.2) is 32.1 Å². The molecule has 0 saturated carbocycles. The van der Waals surface area contributed by atoms with E-state index >= 15 is 0 Å².